The van der Waals surface area contributed by atoms with Gasteiger partial charge < -0.3 is 10.6 Å². The monoisotopic (exact) mass is 232 g/mol. The molecule has 0 atom stereocenters. The summed E-state index contributed by atoms with van der Waals surface area (Å²) in [6.45, 7) is -0.142. The fourth-order valence-electron chi connectivity index (χ4n) is 1.51. The molecule has 0 amide bonds. The van der Waals surface area contributed by atoms with Crippen LogP contribution in [0, 0.1) is 5.82 Å². The second-order valence-corrected chi connectivity index (χ2v) is 3.80. The maximum Gasteiger partial charge on any atom is 0.276 e. The predicted molar refractivity (Wildman–Crippen MR) is 58.3 cm³/mol. The van der Waals surface area contributed by atoms with E-state index in [1.54, 1.807) is 14.1 Å². The molecule has 0 bridgehead atoms. The van der Waals surface area contributed by atoms with Crippen LogP contribution in [0.2, 0.25) is 0 Å². The van der Waals surface area contributed by atoms with E-state index in [9.17, 15) is 13.2 Å². The lowest BCUT2D eigenvalue weighted by Gasteiger charge is -2.23. The molecule has 5 heteroatoms. The van der Waals surface area contributed by atoms with E-state index in [1.165, 1.54) is 11.0 Å². The summed E-state index contributed by atoms with van der Waals surface area (Å²) < 4.78 is 40.4. The summed E-state index contributed by atoms with van der Waals surface area (Å²) in [5.74, 6) is -3.77. The average Bonchev–Trinajstić information content (AvgIpc) is 2.17. The first-order valence-electron chi connectivity index (χ1n) is 4.93. The molecule has 1 aromatic carbocycles. The van der Waals surface area contributed by atoms with E-state index in [0.29, 0.717) is 5.69 Å². The van der Waals surface area contributed by atoms with Crippen LogP contribution in [0.3, 0.4) is 0 Å². The van der Waals surface area contributed by atoms with Gasteiger partial charge in [-0.3, -0.25) is 0 Å². The van der Waals surface area contributed by atoms with E-state index in [0.717, 1.165) is 12.1 Å². The highest BCUT2D eigenvalue weighted by Gasteiger charge is 2.33. The summed E-state index contributed by atoms with van der Waals surface area (Å²) in [5.41, 5.74) is 5.12. The van der Waals surface area contributed by atoms with Gasteiger partial charge in [0, 0.05) is 31.8 Å². The normalized spacial score (nSPS) is 11.6. The largest absolute Gasteiger partial charge is 0.377 e. The Kier molecular flexibility index (Phi) is 3.80. The molecule has 0 aliphatic heterocycles. The molecule has 1 rings (SSSR count). The number of halogens is 3. The zero-order valence-corrected chi connectivity index (χ0v) is 9.30. The Hall–Kier alpha value is -1.23. The van der Waals surface area contributed by atoms with Crippen LogP contribution in [-0.4, -0.2) is 20.6 Å². The van der Waals surface area contributed by atoms with Crippen LogP contribution in [0.5, 0.6) is 0 Å². The van der Waals surface area contributed by atoms with Crippen LogP contribution in [-0.2, 0) is 5.92 Å². The zero-order chi connectivity index (χ0) is 12.3. The molecule has 0 aromatic heterocycles. The number of anilines is 1. The summed E-state index contributed by atoms with van der Waals surface area (Å²) >= 11 is 0. The van der Waals surface area contributed by atoms with Gasteiger partial charge in [0.2, 0.25) is 0 Å². The van der Waals surface area contributed by atoms with Crippen LogP contribution < -0.4 is 10.6 Å². The van der Waals surface area contributed by atoms with E-state index < -0.39 is 18.2 Å². The lowest BCUT2D eigenvalue weighted by molar-refractivity contribution is -0.0104. The van der Waals surface area contributed by atoms with E-state index in [4.69, 9.17) is 5.73 Å². The molecule has 0 aliphatic carbocycles. The fraction of sp³-hybridized carbons (Fsp3) is 0.455. The second kappa shape index (κ2) is 4.74. The first kappa shape index (κ1) is 12.8. The third-order valence-electron chi connectivity index (χ3n) is 2.29. The van der Waals surface area contributed by atoms with Gasteiger partial charge >= 0.3 is 0 Å². The van der Waals surface area contributed by atoms with Crippen molar-refractivity contribution < 1.29 is 13.2 Å². The molecule has 0 radical (unpaired) electrons. The molecule has 1 aromatic rings. The number of hydrogen-bond donors (Lipinski definition) is 1. The highest BCUT2D eigenvalue weighted by Crippen LogP contribution is 2.37. The first-order chi connectivity index (χ1) is 7.38. The van der Waals surface area contributed by atoms with Gasteiger partial charge in [0.25, 0.3) is 5.92 Å². The van der Waals surface area contributed by atoms with Gasteiger partial charge in [0.05, 0.1) is 0 Å². The quantitative estimate of drug-likeness (QED) is 0.863. The summed E-state index contributed by atoms with van der Waals surface area (Å²) in [7, 11) is 3.27. The molecule has 2 N–H and O–H groups in total. The molecule has 90 valence electrons. The Bertz CT molecular complexity index is 364. The maximum absolute atomic E-state index is 13.7. The number of rotatable bonds is 4. The fourth-order valence-corrected chi connectivity index (χ4v) is 1.51. The zero-order valence-electron chi connectivity index (χ0n) is 9.30. The Labute approximate surface area is 92.9 Å². The second-order valence-electron chi connectivity index (χ2n) is 3.80. The molecule has 0 spiro atoms. The third kappa shape index (κ3) is 2.66. The maximum atomic E-state index is 13.7. The molecule has 0 fully saturated rings. The number of benzene rings is 1. The van der Waals surface area contributed by atoms with Crippen LogP contribution in [0.4, 0.5) is 18.9 Å². The van der Waals surface area contributed by atoms with Crippen molar-refractivity contribution in [3.8, 4) is 0 Å². The van der Waals surface area contributed by atoms with Crippen molar-refractivity contribution in [1.29, 1.82) is 0 Å². The van der Waals surface area contributed by atoms with Crippen molar-refractivity contribution in [3.63, 3.8) is 0 Å². The Morgan fingerprint density at radius 1 is 1.31 bits per heavy atom. The molecule has 2 nitrogen and oxygen atoms in total. The van der Waals surface area contributed by atoms with Crippen molar-refractivity contribution in [3.05, 3.63) is 29.6 Å². The molecule has 16 heavy (non-hydrogen) atoms. The van der Waals surface area contributed by atoms with Gasteiger partial charge in [-0.2, -0.15) is 0 Å². The van der Waals surface area contributed by atoms with Crippen LogP contribution in [0.25, 0.3) is 0 Å². The molecule has 0 heterocycles. The van der Waals surface area contributed by atoms with Crippen molar-refractivity contribution in [2.75, 3.05) is 25.5 Å². The number of nitrogens with two attached hydrogens (primary N) is 1. The molecular weight excluding hydrogens is 217 g/mol. The van der Waals surface area contributed by atoms with E-state index in [-0.39, 0.29) is 12.1 Å². The third-order valence-corrected chi connectivity index (χ3v) is 2.29. The number of nitrogens with zero attached hydrogens (tertiary/aromatic N) is 1. The smallest absolute Gasteiger partial charge is 0.276 e. The number of hydrogen-bond acceptors (Lipinski definition) is 2. The van der Waals surface area contributed by atoms with Gasteiger partial charge in [-0.25, -0.2) is 13.2 Å². The highest BCUT2D eigenvalue weighted by molar-refractivity contribution is 5.54. The van der Waals surface area contributed by atoms with E-state index >= 15 is 0 Å². The summed E-state index contributed by atoms with van der Waals surface area (Å²) in [4.78, 5) is 1.53. The van der Waals surface area contributed by atoms with Gasteiger partial charge in [-0.1, -0.05) is 0 Å². The van der Waals surface area contributed by atoms with E-state index in [2.05, 4.69) is 0 Å². The van der Waals surface area contributed by atoms with Crippen LogP contribution >= 0.6 is 0 Å². The highest BCUT2D eigenvalue weighted by atomic mass is 19.3. The molecule has 0 saturated heterocycles. The van der Waals surface area contributed by atoms with Gasteiger partial charge in [0.15, 0.2) is 0 Å². The Morgan fingerprint density at radius 2 is 1.94 bits per heavy atom. The minimum atomic E-state index is -3.10. The van der Waals surface area contributed by atoms with Crippen LogP contribution in [0.15, 0.2) is 18.2 Å². The molecule has 0 unspecified atom stereocenters. The SMILES string of the molecule is CN(C)c1ccc(F)cc1C(F)(F)CCN. The lowest BCUT2D eigenvalue weighted by Crippen LogP contribution is -2.23. The summed E-state index contributed by atoms with van der Waals surface area (Å²) in [6, 6.07) is 3.37. The Balaban J connectivity index is 3.23. The van der Waals surface area contributed by atoms with Gasteiger partial charge in [-0.15, -0.1) is 0 Å². The summed E-state index contributed by atoms with van der Waals surface area (Å²) in [6.07, 6.45) is -0.489. The first-order valence-corrected chi connectivity index (χ1v) is 4.93. The van der Waals surface area contributed by atoms with Crippen molar-refractivity contribution in [2.24, 2.45) is 5.73 Å². The van der Waals surface area contributed by atoms with Crippen LogP contribution in [0.1, 0.15) is 12.0 Å². The number of alkyl halides is 2. The minimum absolute atomic E-state index is 0.142. The summed E-state index contributed by atoms with van der Waals surface area (Å²) in [5, 5.41) is 0. The molecule has 0 saturated carbocycles. The lowest BCUT2D eigenvalue weighted by atomic mass is 10.0. The van der Waals surface area contributed by atoms with Crippen molar-refractivity contribution in [1.82, 2.24) is 0 Å². The Morgan fingerprint density at radius 3 is 2.44 bits per heavy atom. The van der Waals surface area contributed by atoms with Crippen molar-refractivity contribution >= 4 is 5.69 Å². The molecule has 0 aliphatic rings. The minimum Gasteiger partial charge on any atom is -0.377 e. The average molecular weight is 232 g/mol. The molecular formula is C11H15F3N2. The van der Waals surface area contributed by atoms with Gasteiger partial charge in [0.1, 0.15) is 5.82 Å². The topological polar surface area (TPSA) is 29.3 Å². The van der Waals surface area contributed by atoms with E-state index in [1.807, 2.05) is 0 Å². The standard InChI is InChI=1S/C11H15F3N2/c1-16(2)10-4-3-8(12)7-9(10)11(13,14)5-6-15/h3-4,7H,5-6,15H2,1-2H3. The van der Waals surface area contributed by atoms with Gasteiger partial charge in [-0.05, 0) is 24.7 Å². The van der Waals surface area contributed by atoms with Crippen molar-refractivity contribution in [2.45, 2.75) is 12.3 Å². The predicted octanol–water partition coefficient (Wildman–Crippen LogP) is 2.33.